The molecule has 3 aromatic rings. The standard InChI is InChI=1S/C18H19N3O3/c1-21(2)12-4-6-17-14(10-12)13-9-11(3-5-16(13)24-17)19-18(22)15-7-8-23-20-15/h3,5,7-9,12H,4,6,10H2,1-2H3,(H,19,22). The van der Waals surface area contributed by atoms with Crippen molar-refractivity contribution >= 4 is 22.6 Å². The molecular formula is C18H19N3O3. The zero-order chi connectivity index (χ0) is 16.7. The molecule has 2 heterocycles. The summed E-state index contributed by atoms with van der Waals surface area (Å²) in [4.78, 5) is 14.4. The molecule has 124 valence electrons. The molecule has 24 heavy (non-hydrogen) atoms. The van der Waals surface area contributed by atoms with Crippen LogP contribution in [0.1, 0.15) is 28.2 Å². The second-order valence-corrected chi connectivity index (χ2v) is 6.41. The lowest BCUT2D eigenvalue weighted by molar-refractivity contribution is 0.101. The Balaban J connectivity index is 1.65. The van der Waals surface area contributed by atoms with Crippen LogP contribution in [0, 0.1) is 0 Å². The fourth-order valence-corrected chi connectivity index (χ4v) is 3.30. The summed E-state index contributed by atoms with van der Waals surface area (Å²) in [6.07, 6.45) is 4.41. The van der Waals surface area contributed by atoms with Crippen LogP contribution < -0.4 is 5.32 Å². The number of likely N-dealkylation sites (N-methyl/N-ethyl adjacent to an activating group) is 1. The molecule has 0 saturated heterocycles. The van der Waals surface area contributed by atoms with Gasteiger partial charge in [0.2, 0.25) is 0 Å². The van der Waals surface area contributed by atoms with Gasteiger partial charge in [-0.1, -0.05) is 5.16 Å². The van der Waals surface area contributed by atoms with E-state index in [-0.39, 0.29) is 11.6 Å². The van der Waals surface area contributed by atoms with Gasteiger partial charge in [0, 0.05) is 35.2 Å². The molecule has 6 nitrogen and oxygen atoms in total. The normalized spacial score (nSPS) is 17.2. The minimum Gasteiger partial charge on any atom is -0.461 e. The number of anilines is 1. The minimum atomic E-state index is -0.286. The van der Waals surface area contributed by atoms with Crippen molar-refractivity contribution in [2.24, 2.45) is 0 Å². The van der Waals surface area contributed by atoms with E-state index >= 15 is 0 Å². The lowest BCUT2D eigenvalue weighted by atomic mass is 9.91. The zero-order valence-electron chi connectivity index (χ0n) is 13.7. The lowest BCUT2D eigenvalue weighted by Crippen LogP contribution is -2.33. The molecule has 1 aliphatic rings. The lowest BCUT2D eigenvalue weighted by Gasteiger charge is -2.27. The van der Waals surface area contributed by atoms with Gasteiger partial charge < -0.3 is 19.2 Å². The second-order valence-electron chi connectivity index (χ2n) is 6.41. The summed E-state index contributed by atoms with van der Waals surface area (Å²) < 4.78 is 10.7. The number of aromatic nitrogens is 1. The molecule has 0 fully saturated rings. The van der Waals surface area contributed by atoms with Gasteiger partial charge in [0.1, 0.15) is 17.6 Å². The molecule has 1 unspecified atom stereocenters. The summed E-state index contributed by atoms with van der Waals surface area (Å²) in [5, 5.41) is 7.58. The average molecular weight is 325 g/mol. The van der Waals surface area contributed by atoms with Gasteiger partial charge in [0.25, 0.3) is 5.91 Å². The van der Waals surface area contributed by atoms with E-state index in [1.807, 2.05) is 18.2 Å². The smallest absolute Gasteiger partial charge is 0.277 e. The van der Waals surface area contributed by atoms with E-state index in [4.69, 9.17) is 8.94 Å². The van der Waals surface area contributed by atoms with Crippen LogP contribution in [0.4, 0.5) is 5.69 Å². The summed E-state index contributed by atoms with van der Waals surface area (Å²) in [5.41, 5.74) is 3.12. The molecule has 0 bridgehead atoms. The van der Waals surface area contributed by atoms with Crippen LogP contribution in [-0.2, 0) is 12.8 Å². The number of carbonyl (C=O) groups is 1. The highest BCUT2D eigenvalue weighted by molar-refractivity contribution is 6.03. The van der Waals surface area contributed by atoms with Gasteiger partial charge in [0.05, 0.1) is 0 Å². The maximum Gasteiger partial charge on any atom is 0.277 e. The Labute approximate surface area is 139 Å². The molecular weight excluding hydrogens is 306 g/mol. The highest BCUT2D eigenvalue weighted by atomic mass is 16.5. The van der Waals surface area contributed by atoms with Crippen LogP contribution in [0.5, 0.6) is 0 Å². The number of nitrogens with zero attached hydrogens (tertiary/aromatic N) is 2. The highest BCUT2D eigenvalue weighted by Crippen LogP contribution is 2.34. The van der Waals surface area contributed by atoms with Gasteiger partial charge in [0.15, 0.2) is 5.69 Å². The van der Waals surface area contributed by atoms with Crippen LogP contribution in [0.15, 0.2) is 39.5 Å². The monoisotopic (exact) mass is 325 g/mol. The van der Waals surface area contributed by atoms with E-state index in [2.05, 4.69) is 29.5 Å². The highest BCUT2D eigenvalue weighted by Gasteiger charge is 2.25. The van der Waals surface area contributed by atoms with Crippen molar-refractivity contribution in [3.05, 3.63) is 47.5 Å². The Morgan fingerprint density at radius 3 is 2.96 bits per heavy atom. The summed E-state index contributed by atoms with van der Waals surface area (Å²) >= 11 is 0. The van der Waals surface area contributed by atoms with Crippen LogP contribution >= 0.6 is 0 Å². The molecule has 0 saturated carbocycles. The molecule has 4 rings (SSSR count). The van der Waals surface area contributed by atoms with Gasteiger partial charge >= 0.3 is 0 Å². The first-order valence-corrected chi connectivity index (χ1v) is 8.04. The number of rotatable bonds is 3. The molecule has 1 amide bonds. The molecule has 1 atom stereocenters. The first-order valence-electron chi connectivity index (χ1n) is 8.04. The fraction of sp³-hybridized carbons (Fsp3) is 0.333. The van der Waals surface area contributed by atoms with Crippen molar-refractivity contribution in [2.75, 3.05) is 19.4 Å². The van der Waals surface area contributed by atoms with Crippen molar-refractivity contribution in [3.8, 4) is 0 Å². The Kier molecular flexibility index (Phi) is 3.61. The Morgan fingerprint density at radius 2 is 2.21 bits per heavy atom. The molecule has 0 spiro atoms. The zero-order valence-corrected chi connectivity index (χ0v) is 13.7. The fourth-order valence-electron chi connectivity index (χ4n) is 3.30. The van der Waals surface area contributed by atoms with Gasteiger partial charge in [-0.3, -0.25) is 4.79 Å². The van der Waals surface area contributed by atoms with Crippen LogP contribution in [-0.4, -0.2) is 36.1 Å². The molecule has 0 aliphatic heterocycles. The van der Waals surface area contributed by atoms with Crippen molar-refractivity contribution < 1.29 is 13.7 Å². The predicted octanol–water partition coefficient (Wildman–Crippen LogP) is 3.09. The molecule has 2 aromatic heterocycles. The van der Waals surface area contributed by atoms with Crippen LogP contribution in [0.3, 0.4) is 0 Å². The first kappa shape index (κ1) is 15.0. The topological polar surface area (TPSA) is 71.5 Å². The number of hydrogen-bond acceptors (Lipinski definition) is 5. The summed E-state index contributed by atoms with van der Waals surface area (Å²) in [5.74, 6) is 0.787. The number of amides is 1. The first-order chi connectivity index (χ1) is 11.6. The molecule has 0 radical (unpaired) electrons. The summed E-state index contributed by atoms with van der Waals surface area (Å²) in [6.45, 7) is 0. The van der Waals surface area contributed by atoms with Gasteiger partial charge in [-0.25, -0.2) is 0 Å². The number of nitrogens with one attached hydrogen (secondary N) is 1. The van der Waals surface area contributed by atoms with E-state index in [0.717, 1.165) is 41.7 Å². The van der Waals surface area contributed by atoms with Crippen molar-refractivity contribution in [1.82, 2.24) is 10.1 Å². The van der Waals surface area contributed by atoms with E-state index in [9.17, 15) is 4.79 Å². The third-order valence-corrected chi connectivity index (χ3v) is 4.68. The molecule has 1 aliphatic carbocycles. The number of hydrogen-bond donors (Lipinski definition) is 1. The summed E-state index contributed by atoms with van der Waals surface area (Å²) in [7, 11) is 4.23. The molecule has 1 aromatic carbocycles. The molecule has 6 heteroatoms. The average Bonchev–Trinajstić information content (AvgIpc) is 3.21. The van der Waals surface area contributed by atoms with E-state index in [1.54, 1.807) is 0 Å². The SMILES string of the molecule is CN(C)C1CCc2oc3ccc(NC(=O)c4ccon4)cc3c2C1. The van der Waals surface area contributed by atoms with Gasteiger partial charge in [-0.2, -0.15) is 0 Å². The number of fused-ring (bicyclic) bond motifs is 3. The number of furan rings is 1. The number of aryl methyl sites for hydroxylation is 1. The number of benzene rings is 1. The van der Waals surface area contributed by atoms with E-state index in [0.29, 0.717) is 6.04 Å². The van der Waals surface area contributed by atoms with Crippen LogP contribution in [0.25, 0.3) is 11.0 Å². The van der Waals surface area contributed by atoms with Gasteiger partial charge in [-0.05, 0) is 45.1 Å². The van der Waals surface area contributed by atoms with Crippen LogP contribution in [0.2, 0.25) is 0 Å². The molecule has 1 N–H and O–H groups in total. The minimum absolute atomic E-state index is 0.261. The van der Waals surface area contributed by atoms with E-state index in [1.165, 1.54) is 17.9 Å². The van der Waals surface area contributed by atoms with Gasteiger partial charge in [-0.15, -0.1) is 0 Å². The maximum absolute atomic E-state index is 12.1. The van der Waals surface area contributed by atoms with Crippen molar-refractivity contribution in [2.45, 2.75) is 25.3 Å². The van der Waals surface area contributed by atoms with Crippen molar-refractivity contribution in [1.29, 1.82) is 0 Å². The summed E-state index contributed by atoms with van der Waals surface area (Å²) in [6, 6.07) is 7.80. The Bertz CT molecular complexity index is 880. The Hall–Kier alpha value is -2.60. The Morgan fingerprint density at radius 1 is 1.33 bits per heavy atom. The third kappa shape index (κ3) is 2.59. The third-order valence-electron chi connectivity index (χ3n) is 4.68. The quantitative estimate of drug-likeness (QED) is 0.801. The number of carbonyl (C=O) groups excluding carboxylic acids is 1. The predicted molar refractivity (Wildman–Crippen MR) is 90.2 cm³/mol. The largest absolute Gasteiger partial charge is 0.461 e. The second kappa shape index (κ2) is 5.79. The van der Waals surface area contributed by atoms with E-state index < -0.39 is 0 Å². The van der Waals surface area contributed by atoms with Crippen molar-refractivity contribution in [3.63, 3.8) is 0 Å². The maximum atomic E-state index is 12.1.